The maximum absolute atomic E-state index is 12.2. The van der Waals surface area contributed by atoms with Crippen molar-refractivity contribution in [1.82, 2.24) is 4.98 Å². The van der Waals surface area contributed by atoms with Gasteiger partial charge in [-0.25, -0.2) is 0 Å². The van der Waals surface area contributed by atoms with Crippen molar-refractivity contribution >= 4 is 16.7 Å². The lowest BCUT2D eigenvalue weighted by molar-refractivity contribution is 0.0966. The summed E-state index contributed by atoms with van der Waals surface area (Å²) in [6, 6.07) is 5.60. The zero-order valence-electron chi connectivity index (χ0n) is 9.62. The second-order valence-corrected chi connectivity index (χ2v) is 4.72. The number of aromatic nitrogens is 1. The summed E-state index contributed by atoms with van der Waals surface area (Å²) in [5.74, 6) is 0.0766. The molecule has 1 aliphatic carbocycles. The highest BCUT2D eigenvalue weighted by molar-refractivity contribution is 6.01. The molecular weight excluding hydrogens is 214 g/mol. The molecule has 1 aliphatic rings. The normalized spacial score (nSPS) is 15.1. The van der Waals surface area contributed by atoms with Crippen LogP contribution in [0, 0.1) is 12.8 Å². The van der Waals surface area contributed by atoms with Gasteiger partial charge in [-0.05, 0) is 37.5 Å². The number of carbonyl (C=O) groups excluding carboxylic acids is 1. The molecule has 0 amide bonds. The number of fused-ring (bicyclic) bond motifs is 1. The molecule has 1 N–H and O–H groups in total. The van der Waals surface area contributed by atoms with Gasteiger partial charge in [-0.2, -0.15) is 0 Å². The summed E-state index contributed by atoms with van der Waals surface area (Å²) < 4.78 is 0. The summed E-state index contributed by atoms with van der Waals surface area (Å²) in [6.07, 6.45) is 3.40. The van der Waals surface area contributed by atoms with Gasteiger partial charge in [-0.3, -0.25) is 9.59 Å². The smallest absolute Gasteiger partial charge is 0.200 e. The van der Waals surface area contributed by atoms with Gasteiger partial charge in [0.2, 0.25) is 0 Å². The Morgan fingerprint density at radius 3 is 2.82 bits per heavy atom. The van der Waals surface area contributed by atoms with Crippen molar-refractivity contribution in [2.24, 2.45) is 5.92 Å². The molecule has 0 saturated heterocycles. The predicted molar refractivity (Wildman–Crippen MR) is 66.4 cm³/mol. The number of carbonyl (C=O) groups is 1. The molecule has 86 valence electrons. The first kappa shape index (κ1) is 10.3. The molecule has 1 saturated carbocycles. The second kappa shape index (κ2) is 3.55. The monoisotopic (exact) mass is 227 g/mol. The molecular formula is C14H13NO2. The Bertz CT molecular complexity index is 665. The summed E-state index contributed by atoms with van der Waals surface area (Å²) in [6.45, 7) is 1.97. The van der Waals surface area contributed by atoms with Crippen LogP contribution in [0.2, 0.25) is 0 Å². The molecule has 2 aromatic rings. The molecule has 3 rings (SSSR count). The van der Waals surface area contributed by atoms with E-state index in [0.717, 1.165) is 23.9 Å². The second-order valence-electron chi connectivity index (χ2n) is 4.72. The average molecular weight is 227 g/mol. The quantitative estimate of drug-likeness (QED) is 0.801. The lowest BCUT2D eigenvalue weighted by Crippen LogP contribution is -2.17. The van der Waals surface area contributed by atoms with Gasteiger partial charge < -0.3 is 4.98 Å². The largest absolute Gasteiger partial charge is 0.360 e. The molecule has 3 heteroatoms. The van der Waals surface area contributed by atoms with Gasteiger partial charge in [0.1, 0.15) is 0 Å². The lowest BCUT2D eigenvalue weighted by atomic mass is 10.1. The number of H-pyrrole nitrogens is 1. The van der Waals surface area contributed by atoms with Gasteiger partial charge in [0.25, 0.3) is 0 Å². The van der Waals surface area contributed by atoms with Gasteiger partial charge >= 0.3 is 0 Å². The number of Topliss-reactive ketones (excluding diaryl/α,β-unsaturated/α-hetero) is 1. The van der Waals surface area contributed by atoms with Crippen LogP contribution < -0.4 is 5.43 Å². The van der Waals surface area contributed by atoms with Crippen molar-refractivity contribution < 1.29 is 4.79 Å². The zero-order chi connectivity index (χ0) is 12.0. The van der Waals surface area contributed by atoms with E-state index < -0.39 is 0 Å². The third kappa shape index (κ3) is 1.68. The number of aryl methyl sites for hydroxylation is 1. The van der Waals surface area contributed by atoms with Crippen LogP contribution in [-0.4, -0.2) is 10.8 Å². The molecule has 3 nitrogen and oxygen atoms in total. The van der Waals surface area contributed by atoms with E-state index in [0.29, 0.717) is 10.9 Å². The molecule has 0 unspecified atom stereocenters. The van der Waals surface area contributed by atoms with Crippen molar-refractivity contribution in [3.05, 3.63) is 45.7 Å². The maximum atomic E-state index is 12.2. The fourth-order valence-corrected chi connectivity index (χ4v) is 2.08. The highest BCUT2D eigenvalue weighted by Crippen LogP contribution is 2.31. The summed E-state index contributed by atoms with van der Waals surface area (Å²) in [5, 5.41) is 0.599. The van der Waals surface area contributed by atoms with Gasteiger partial charge in [-0.15, -0.1) is 0 Å². The molecule has 1 heterocycles. The Labute approximate surface area is 98.5 Å². The summed E-state index contributed by atoms with van der Waals surface area (Å²) in [7, 11) is 0. The van der Waals surface area contributed by atoms with Gasteiger partial charge in [0.05, 0.1) is 5.56 Å². The predicted octanol–water partition coefficient (Wildman–Crippen LogP) is 2.43. The Kier molecular flexibility index (Phi) is 2.15. The van der Waals surface area contributed by atoms with E-state index in [1.165, 1.54) is 0 Å². The van der Waals surface area contributed by atoms with Gasteiger partial charge in [0.15, 0.2) is 11.2 Å². The van der Waals surface area contributed by atoms with Crippen LogP contribution in [0.5, 0.6) is 0 Å². The number of hydrogen-bond donors (Lipinski definition) is 1. The number of nitrogens with one attached hydrogen (secondary N) is 1. The van der Waals surface area contributed by atoms with E-state index in [1.807, 2.05) is 19.1 Å². The van der Waals surface area contributed by atoms with Gasteiger partial charge in [-0.1, -0.05) is 6.07 Å². The third-order valence-electron chi connectivity index (χ3n) is 3.25. The number of rotatable bonds is 2. The Morgan fingerprint density at radius 2 is 2.12 bits per heavy atom. The first-order valence-electron chi connectivity index (χ1n) is 5.83. The summed E-state index contributed by atoms with van der Waals surface area (Å²) >= 11 is 0. The van der Waals surface area contributed by atoms with E-state index in [1.54, 1.807) is 12.3 Å². The van der Waals surface area contributed by atoms with Crippen LogP contribution >= 0.6 is 0 Å². The molecule has 0 spiro atoms. The van der Waals surface area contributed by atoms with Crippen molar-refractivity contribution in [3.63, 3.8) is 0 Å². The van der Waals surface area contributed by atoms with Crippen LogP contribution in [0.3, 0.4) is 0 Å². The van der Waals surface area contributed by atoms with Crippen LogP contribution in [0.1, 0.15) is 28.8 Å². The Balaban J connectivity index is 2.22. The summed E-state index contributed by atoms with van der Waals surface area (Å²) in [5.41, 5.74) is 2.05. The minimum atomic E-state index is -0.143. The van der Waals surface area contributed by atoms with Crippen molar-refractivity contribution in [3.8, 4) is 0 Å². The Morgan fingerprint density at radius 1 is 1.35 bits per heavy atom. The molecule has 1 fully saturated rings. The van der Waals surface area contributed by atoms with E-state index in [9.17, 15) is 9.59 Å². The third-order valence-corrected chi connectivity index (χ3v) is 3.25. The molecule has 0 radical (unpaired) electrons. The maximum Gasteiger partial charge on any atom is 0.200 e. The van der Waals surface area contributed by atoms with Gasteiger partial charge in [0, 0.05) is 23.0 Å². The minimum Gasteiger partial charge on any atom is -0.360 e. The molecule has 0 aliphatic heterocycles. The number of pyridine rings is 1. The summed E-state index contributed by atoms with van der Waals surface area (Å²) in [4.78, 5) is 27.1. The van der Waals surface area contributed by atoms with Crippen LogP contribution in [0.4, 0.5) is 0 Å². The van der Waals surface area contributed by atoms with Crippen LogP contribution in [0.25, 0.3) is 10.9 Å². The zero-order valence-corrected chi connectivity index (χ0v) is 9.62. The molecule has 1 aromatic carbocycles. The van der Waals surface area contributed by atoms with E-state index in [2.05, 4.69) is 4.98 Å². The van der Waals surface area contributed by atoms with Crippen molar-refractivity contribution in [2.75, 3.05) is 0 Å². The Hall–Kier alpha value is -1.90. The first-order valence-corrected chi connectivity index (χ1v) is 5.83. The van der Waals surface area contributed by atoms with Crippen molar-refractivity contribution in [2.45, 2.75) is 19.8 Å². The van der Waals surface area contributed by atoms with Crippen molar-refractivity contribution in [1.29, 1.82) is 0 Å². The SMILES string of the molecule is Cc1ccc2c(=O)c(C(=O)C3CC3)c[nH]c2c1. The number of ketones is 1. The van der Waals surface area contributed by atoms with Crippen LogP contribution in [0.15, 0.2) is 29.2 Å². The number of hydrogen-bond acceptors (Lipinski definition) is 2. The van der Waals surface area contributed by atoms with Crippen LogP contribution in [-0.2, 0) is 0 Å². The highest BCUT2D eigenvalue weighted by atomic mass is 16.1. The number of benzene rings is 1. The standard InChI is InChI=1S/C14H13NO2/c1-8-2-5-10-12(6-8)15-7-11(14(10)17)13(16)9-3-4-9/h2,5-7,9H,3-4H2,1H3,(H,15,17). The van der Waals surface area contributed by atoms with E-state index in [4.69, 9.17) is 0 Å². The topological polar surface area (TPSA) is 49.9 Å². The highest BCUT2D eigenvalue weighted by Gasteiger charge is 2.32. The molecule has 17 heavy (non-hydrogen) atoms. The number of aromatic amines is 1. The molecule has 0 bridgehead atoms. The first-order chi connectivity index (χ1) is 8.16. The lowest BCUT2D eigenvalue weighted by Gasteiger charge is -2.02. The molecule has 0 atom stereocenters. The van der Waals surface area contributed by atoms with E-state index >= 15 is 0 Å². The van der Waals surface area contributed by atoms with E-state index in [-0.39, 0.29) is 17.1 Å². The average Bonchev–Trinajstić information content (AvgIpc) is 3.12. The molecule has 1 aromatic heterocycles. The fourth-order valence-electron chi connectivity index (χ4n) is 2.08. The fraction of sp³-hybridized carbons (Fsp3) is 0.286. The minimum absolute atomic E-state index is 0.00581.